The lowest BCUT2D eigenvalue weighted by atomic mass is 10.1. The zero-order valence-electron chi connectivity index (χ0n) is 11.5. The van der Waals surface area contributed by atoms with Gasteiger partial charge >= 0.3 is 0 Å². The second-order valence-electron chi connectivity index (χ2n) is 5.01. The summed E-state index contributed by atoms with van der Waals surface area (Å²) in [7, 11) is 1.19. The number of rotatable bonds is 3. The predicted octanol–water partition coefficient (Wildman–Crippen LogP) is 0.953. The highest BCUT2D eigenvalue weighted by atomic mass is 32.2. The molecule has 1 unspecified atom stereocenters. The van der Waals surface area contributed by atoms with Crippen LogP contribution in [0.5, 0.6) is 0 Å². The molecule has 1 atom stereocenters. The Balaban J connectivity index is 2.08. The van der Waals surface area contributed by atoms with E-state index in [4.69, 9.17) is 0 Å². The van der Waals surface area contributed by atoms with E-state index < -0.39 is 10.8 Å². The lowest BCUT2D eigenvalue weighted by Gasteiger charge is -2.32. The number of nitrogens with zero attached hydrogens (tertiary/aromatic N) is 2. The molecule has 0 saturated carbocycles. The van der Waals surface area contributed by atoms with Crippen molar-refractivity contribution >= 4 is 16.7 Å². The molecule has 1 heterocycles. The molecule has 2 rings (SSSR count). The molecule has 0 N–H and O–H groups in total. The fourth-order valence-electron chi connectivity index (χ4n) is 2.22. The first-order chi connectivity index (χ1) is 9.06. The summed E-state index contributed by atoms with van der Waals surface area (Å²) in [4.78, 5) is 16.5. The Morgan fingerprint density at radius 1 is 1.26 bits per heavy atom. The maximum Gasteiger partial charge on any atom is 0.253 e. The van der Waals surface area contributed by atoms with Gasteiger partial charge in [-0.15, -0.1) is 0 Å². The number of likely N-dealkylation sites (N-methyl/N-ethyl adjacent to an activating group) is 1. The molecule has 1 aliphatic rings. The van der Waals surface area contributed by atoms with Gasteiger partial charge in [0.15, 0.2) is 0 Å². The van der Waals surface area contributed by atoms with E-state index >= 15 is 0 Å². The molecule has 0 radical (unpaired) electrons. The van der Waals surface area contributed by atoms with Crippen molar-refractivity contribution in [3.05, 3.63) is 35.4 Å². The van der Waals surface area contributed by atoms with Crippen molar-refractivity contribution in [1.82, 2.24) is 9.80 Å². The van der Waals surface area contributed by atoms with Gasteiger partial charge in [0, 0.05) is 54.6 Å². The van der Waals surface area contributed by atoms with Gasteiger partial charge in [-0.1, -0.05) is 12.1 Å². The minimum Gasteiger partial charge on any atom is -0.336 e. The van der Waals surface area contributed by atoms with E-state index in [1.54, 1.807) is 6.26 Å². The van der Waals surface area contributed by atoms with Crippen LogP contribution in [-0.4, -0.2) is 59.4 Å². The molecule has 0 bridgehead atoms. The van der Waals surface area contributed by atoms with Crippen LogP contribution in [0.3, 0.4) is 0 Å². The summed E-state index contributed by atoms with van der Waals surface area (Å²) in [6, 6.07) is 7.48. The summed E-state index contributed by atoms with van der Waals surface area (Å²) in [5.74, 6) is 0.584. The maximum atomic E-state index is 12.4. The number of benzene rings is 1. The highest BCUT2D eigenvalue weighted by Gasteiger charge is 2.20. The molecule has 4 nitrogen and oxygen atoms in total. The Bertz CT molecular complexity index is 482. The summed E-state index contributed by atoms with van der Waals surface area (Å²) in [6.45, 7) is 3.40. The van der Waals surface area contributed by atoms with E-state index in [1.807, 2.05) is 29.2 Å². The van der Waals surface area contributed by atoms with Gasteiger partial charge in [-0.25, -0.2) is 0 Å². The molecule has 0 aliphatic carbocycles. The Labute approximate surface area is 116 Å². The average Bonchev–Trinajstić information content (AvgIpc) is 2.38. The van der Waals surface area contributed by atoms with Crippen molar-refractivity contribution in [2.45, 2.75) is 5.75 Å². The SMILES string of the molecule is CN1CCN(C(=O)c2cccc(CS(C)=O)c2)CC1. The fourth-order valence-corrected chi connectivity index (χ4v) is 2.87. The van der Waals surface area contributed by atoms with Crippen LogP contribution < -0.4 is 0 Å². The van der Waals surface area contributed by atoms with Crippen LogP contribution in [-0.2, 0) is 16.6 Å². The largest absolute Gasteiger partial charge is 0.336 e. The van der Waals surface area contributed by atoms with Crippen LogP contribution in [0.15, 0.2) is 24.3 Å². The second-order valence-corrected chi connectivity index (χ2v) is 6.45. The van der Waals surface area contributed by atoms with Crippen LogP contribution >= 0.6 is 0 Å². The van der Waals surface area contributed by atoms with Crippen LogP contribution in [0.25, 0.3) is 0 Å². The average molecular weight is 280 g/mol. The molecule has 1 aromatic carbocycles. The molecule has 19 heavy (non-hydrogen) atoms. The van der Waals surface area contributed by atoms with Gasteiger partial charge in [-0.2, -0.15) is 0 Å². The molecule has 1 aromatic rings. The van der Waals surface area contributed by atoms with E-state index in [1.165, 1.54) is 0 Å². The van der Waals surface area contributed by atoms with Gasteiger partial charge in [-0.05, 0) is 24.7 Å². The van der Waals surface area contributed by atoms with Gasteiger partial charge in [0.25, 0.3) is 5.91 Å². The third-order valence-electron chi connectivity index (χ3n) is 3.33. The van der Waals surface area contributed by atoms with Gasteiger partial charge in [0.05, 0.1) is 0 Å². The van der Waals surface area contributed by atoms with Gasteiger partial charge in [0.2, 0.25) is 0 Å². The first kappa shape index (κ1) is 14.2. The smallest absolute Gasteiger partial charge is 0.253 e. The summed E-state index contributed by atoms with van der Waals surface area (Å²) >= 11 is 0. The van der Waals surface area contributed by atoms with E-state index in [-0.39, 0.29) is 5.91 Å². The molecule has 0 aromatic heterocycles. The Hall–Kier alpha value is -1.20. The third-order valence-corrected chi connectivity index (χ3v) is 4.07. The van der Waals surface area contributed by atoms with E-state index in [0.717, 1.165) is 31.7 Å². The van der Waals surface area contributed by atoms with Gasteiger partial charge in [-0.3, -0.25) is 9.00 Å². The minimum absolute atomic E-state index is 0.0804. The zero-order chi connectivity index (χ0) is 13.8. The molecule has 1 fully saturated rings. The summed E-state index contributed by atoms with van der Waals surface area (Å²) in [6.07, 6.45) is 1.68. The van der Waals surface area contributed by atoms with Crippen LogP contribution in [0, 0.1) is 0 Å². The normalized spacial score (nSPS) is 18.3. The number of carbonyl (C=O) groups is 1. The highest BCUT2D eigenvalue weighted by molar-refractivity contribution is 7.83. The third kappa shape index (κ3) is 3.88. The predicted molar refractivity (Wildman–Crippen MR) is 77.6 cm³/mol. The monoisotopic (exact) mass is 280 g/mol. The molecule has 1 amide bonds. The minimum atomic E-state index is -0.879. The van der Waals surface area contributed by atoms with Crippen LogP contribution in [0.2, 0.25) is 0 Å². The number of piperazine rings is 1. The van der Waals surface area contributed by atoms with Crippen molar-refractivity contribution in [1.29, 1.82) is 0 Å². The molecular formula is C14H20N2O2S. The Morgan fingerprint density at radius 3 is 2.58 bits per heavy atom. The van der Waals surface area contributed by atoms with E-state index in [2.05, 4.69) is 11.9 Å². The number of hydrogen-bond acceptors (Lipinski definition) is 3. The standard InChI is InChI=1S/C14H20N2O2S/c1-15-6-8-16(9-7-15)14(17)13-5-3-4-12(10-13)11-19(2)18/h3-5,10H,6-9,11H2,1-2H3. The van der Waals surface area contributed by atoms with Crippen molar-refractivity contribution in [3.63, 3.8) is 0 Å². The quantitative estimate of drug-likeness (QED) is 0.828. The molecule has 104 valence electrons. The molecule has 5 heteroatoms. The molecular weight excluding hydrogens is 260 g/mol. The summed E-state index contributed by atoms with van der Waals surface area (Å²) < 4.78 is 11.2. The Kier molecular flexibility index (Phi) is 4.71. The van der Waals surface area contributed by atoms with Crippen LogP contribution in [0.4, 0.5) is 0 Å². The fraction of sp³-hybridized carbons (Fsp3) is 0.500. The first-order valence-corrected chi connectivity index (χ1v) is 8.16. The lowest BCUT2D eigenvalue weighted by molar-refractivity contribution is 0.0664. The van der Waals surface area contributed by atoms with E-state index in [9.17, 15) is 9.00 Å². The molecule has 0 spiro atoms. The molecule has 1 saturated heterocycles. The van der Waals surface area contributed by atoms with Crippen LogP contribution in [0.1, 0.15) is 15.9 Å². The van der Waals surface area contributed by atoms with Gasteiger partial charge in [0.1, 0.15) is 0 Å². The topological polar surface area (TPSA) is 40.6 Å². The lowest BCUT2D eigenvalue weighted by Crippen LogP contribution is -2.47. The Morgan fingerprint density at radius 2 is 1.95 bits per heavy atom. The van der Waals surface area contributed by atoms with Crippen molar-refractivity contribution in [2.24, 2.45) is 0 Å². The summed E-state index contributed by atoms with van der Waals surface area (Å²) in [5, 5.41) is 0. The first-order valence-electron chi connectivity index (χ1n) is 6.43. The highest BCUT2D eigenvalue weighted by Crippen LogP contribution is 2.11. The van der Waals surface area contributed by atoms with Crippen molar-refractivity contribution in [3.8, 4) is 0 Å². The van der Waals surface area contributed by atoms with Crippen molar-refractivity contribution < 1.29 is 9.00 Å². The molecule has 1 aliphatic heterocycles. The zero-order valence-corrected chi connectivity index (χ0v) is 12.3. The maximum absolute atomic E-state index is 12.4. The van der Waals surface area contributed by atoms with Crippen molar-refractivity contribution in [2.75, 3.05) is 39.5 Å². The second kappa shape index (κ2) is 6.30. The summed E-state index contributed by atoms with van der Waals surface area (Å²) in [5.41, 5.74) is 1.66. The number of carbonyl (C=O) groups excluding carboxylic acids is 1. The number of amides is 1. The van der Waals surface area contributed by atoms with Gasteiger partial charge < -0.3 is 9.80 Å². The number of hydrogen-bond donors (Lipinski definition) is 0. The van der Waals surface area contributed by atoms with E-state index in [0.29, 0.717) is 11.3 Å².